The number of halogens is 1. The van der Waals surface area contributed by atoms with Gasteiger partial charge in [0.2, 0.25) is 0 Å². The minimum Gasteiger partial charge on any atom is -0.335 e. The summed E-state index contributed by atoms with van der Waals surface area (Å²) in [6.07, 6.45) is 1.10. The lowest BCUT2D eigenvalue weighted by Gasteiger charge is -2.26. The predicted octanol–water partition coefficient (Wildman–Crippen LogP) is 3.58. The molecule has 0 aromatic heterocycles. The van der Waals surface area contributed by atoms with E-state index in [0.29, 0.717) is 0 Å². The smallest absolute Gasteiger partial charge is 0.255 e. The number of nitrogens with zero attached hydrogens (tertiary/aromatic N) is 1. The Morgan fingerprint density at radius 2 is 1.74 bits per heavy atom. The Bertz CT molecular complexity index is 819. The molecule has 2 aromatic carbocycles. The van der Waals surface area contributed by atoms with E-state index < -0.39 is 9.84 Å². The van der Waals surface area contributed by atoms with Gasteiger partial charge in [0.25, 0.3) is 5.91 Å². The van der Waals surface area contributed by atoms with E-state index in [-0.39, 0.29) is 27.4 Å². The van der Waals surface area contributed by atoms with Crippen molar-refractivity contribution < 1.29 is 13.2 Å². The highest BCUT2D eigenvalue weighted by Crippen LogP contribution is 2.25. The number of benzene rings is 2. The molecule has 1 atom stereocenters. The second-order valence-electron chi connectivity index (χ2n) is 5.42. The molecule has 0 bridgehead atoms. The zero-order chi connectivity index (χ0) is 17.2. The number of hydrogen-bond acceptors (Lipinski definition) is 3. The fourth-order valence-electron chi connectivity index (χ4n) is 2.22. The summed E-state index contributed by atoms with van der Waals surface area (Å²) in [4.78, 5) is 14.3. The molecule has 0 fully saturated rings. The Balaban J connectivity index is 2.36. The van der Waals surface area contributed by atoms with Crippen LogP contribution in [0.5, 0.6) is 0 Å². The Hall–Kier alpha value is -1.85. The van der Waals surface area contributed by atoms with Gasteiger partial charge in [0, 0.05) is 13.3 Å². The van der Waals surface area contributed by atoms with Crippen LogP contribution in [-0.4, -0.2) is 32.5 Å². The van der Waals surface area contributed by atoms with Crippen LogP contribution in [0.25, 0.3) is 0 Å². The van der Waals surface area contributed by atoms with Gasteiger partial charge < -0.3 is 4.90 Å². The Kier molecular flexibility index (Phi) is 5.12. The summed E-state index contributed by atoms with van der Waals surface area (Å²) >= 11 is 6.09. The topological polar surface area (TPSA) is 54.5 Å². The average molecular weight is 352 g/mol. The third-order valence-electron chi connectivity index (χ3n) is 3.78. The van der Waals surface area contributed by atoms with Crippen LogP contribution < -0.4 is 0 Å². The normalized spacial score (nSPS) is 12.7. The van der Waals surface area contributed by atoms with Gasteiger partial charge in [-0.2, -0.15) is 0 Å². The molecule has 0 radical (unpaired) electrons. The van der Waals surface area contributed by atoms with E-state index in [1.165, 1.54) is 18.2 Å². The summed E-state index contributed by atoms with van der Waals surface area (Å²) in [5.74, 6) is -0.322. The van der Waals surface area contributed by atoms with E-state index in [9.17, 15) is 13.2 Å². The van der Waals surface area contributed by atoms with Gasteiger partial charge in [-0.1, -0.05) is 41.9 Å². The maximum Gasteiger partial charge on any atom is 0.255 e. The van der Waals surface area contributed by atoms with E-state index >= 15 is 0 Å². The summed E-state index contributed by atoms with van der Waals surface area (Å²) < 4.78 is 23.4. The first-order valence-corrected chi connectivity index (χ1v) is 9.30. The van der Waals surface area contributed by atoms with Crippen LogP contribution in [0.15, 0.2) is 53.4 Å². The van der Waals surface area contributed by atoms with Gasteiger partial charge in [0.1, 0.15) is 0 Å². The number of rotatable bonds is 4. The fraction of sp³-hybridized carbons (Fsp3) is 0.235. The van der Waals surface area contributed by atoms with Crippen LogP contribution in [0.2, 0.25) is 5.02 Å². The van der Waals surface area contributed by atoms with E-state index in [4.69, 9.17) is 11.6 Å². The van der Waals surface area contributed by atoms with Crippen molar-refractivity contribution in [3.63, 3.8) is 0 Å². The molecular weight excluding hydrogens is 334 g/mol. The number of amides is 1. The molecule has 0 aliphatic heterocycles. The molecule has 23 heavy (non-hydrogen) atoms. The molecule has 1 amide bonds. The van der Waals surface area contributed by atoms with Crippen molar-refractivity contribution in [3.05, 3.63) is 64.7 Å². The van der Waals surface area contributed by atoms with Crippen molar-refractivity contribution in [1.29, 1.82) is 0 Å². The average Bonchev–Trinajstić information content (AvgIpc) is 2.53. The molecule has 0 saturated carbocycles. The lowest BCUT2D eigenvalue weighted by Crippen LogP contribution is -2.30. The minimum atomic E-state index is -3.40. The highest BCUT2D eigenvalue weighted by Gasteiger charge is 2.22. The zero-order valence-corrected chi connectivity index (χ0v) is 14.7. The Morgan fingerprint density at radius 3 is 2.30 bits per heavy atom. The standard InChI is InChI=1S/C17H18ClNO3S/c1-12(13-7-5-4-6-8-13)19(2)17(20)15-11-14(23(3,21)22)9-10-16(15)18/h4-12H,1-3H3. The van der Waals surface area contributed by atoms with Gasteiger partial charge in [-0.15, -0.1) is 0 Å². The van der Waals surface area contributed by atoms with Crippen molar-refractivity contribution in [2.75, 3.05) is 13.3 Å². The van der Waals surface area contributed by atoms with Gasteiger partial charge in [-0.05, 0) is 30.7 Å². The third kappa shape index (κ3) is 3.92. The third-order valence-corrected chi connectivity index (χ3v) is 5.22. The molecule has 1 unspecified atom stereocenters. The van der Waals surface area contributed by atoms with Crippen molar-refractivity contribution in [1.82, 2.24) is 4.90 Å². The molecule has 0 N–H and O–H groups in total. The van der Waals surface area contributed by atoms with Gasteiger partial charge in [-0.3, -0.25) is 4.79 Å². The highest BCUT2D eigenvalue weighted by atomic mass is 35.5. The van der Waals surface area contributed by atoms with Gasteiger partial charge in [-0.25, -0.2) is 8.42 Å². The van der Waals surface area contributed by atoms with Crippen LogP contribution in [-0.2, 0) is 9.84 Å². The molecule has 2 aromatic rings. The van der Waals surface area contributed by atoms with Gasteiger partial charge >= 0.3 is 0 Å². The van der Waals surface area contributed by atoms with Gasteiger partial charge in [0.05, 0.1) is 21.5 Å². The highest BCUT2D eigenvalue weighted by molar-refractivity contribution is 7.90. The molecule has 122 valence electrons. The Morgan fingerprint density at radius 1 is 1.13 bits per heavy atom. The van der Waals surface area contributed by atoms with E-state index in [2.05, 4.69) is 0 Å². The number of carbonyl (C=O) groups is 1. The fourth-order valence-corrected chi connectivity index (χ4v) is 3.07. The molecule has 0 saturated heterocycles. The monoisotopic (exact) mass is 351 g/mol. The van der Waals surface area contributed by atoms with Crippen LogP contribution in [0.3, 0.4) is 0 Å². The molecule has 0 spiro atoms. The quantitative estimate of drug-likeness (QED) is 0.846. The van der Waals surface area contributed by atoms with Gasteiger partial charge in [0.15, 0.2) is 9.84 Å². The maximum absolute atomic E-state index is 12.7. The molecule has 4 nitrogen and oxygen atoms in total. The first-order chi connectivity index (χ1) is 10.7. The molecular formula is C17H18ClNO3S. The van der Waals surface area contributed by atoms with E-state index in [1.807, 2.05) is 37.3 Å². The zero-order valence-electron chi connectivity index (χ0n) is 13.2. The van der Waals surface area contributed by atoms with Crippen molar-refractivity contribution >= 4 is 27.3 Å². The van der Waals surface area contributed by atoms with Crippen molar-refractivity contribution in [2.45, 2.75) is 17.9 Å². The number of carbonyl (C=O) groups excluding carboxylic acids is 1. The van der Waals surface area contributed by atoms with Crippen LogP contribution in [0, 0.1) is 0 Å². The van der Waals surface area contributed by atoms with Crippen molar-refractivity contribution in [2.24, 2.45) is 0 Å². The lowest BCUT2D eigenvalue weighted by atomic mass is 10.1. The maximum atomic E-state index is 12.7. The Labute approximate surface area is 141 Å². The lowest BCUT2D eigenvalue weighted by molar-refractivity contribution is 0.0742. The van der Waals surface area contributed by atoms with E-state index in [1.54, 1.807) is 11.9 Å². The minimum absolute atomic E-state index is 0.0750. The first-order valence-electron chi connectivity index (χ1n) is 7.03. The molecule has 0 aliphatic rings. The summed E-state index contributed by atoms with van der Waals surface area (Å²) in [5, 5.41) is 0.231. The predicted molar refractivity (Wildman–Crippen MR) is 91.5 cm³/mol. The summed E-state index contributed by atoms with van der Waals surface area (Å²) in [6.45, 7) is 1.90. The van der Waals surface area contributed by atoms with E-state index in [0.717, 1.165) is 11.8 Å². The summed E-state index contributed by atoms with van der Waals surface area (Å²) in [6, 6.07) is 13.6. The van der Waals surface area contributed by atoms with Crippen LogP contribution in [0.1, 0.15) is 28.9 Å². The SMILES string of the molecule is CC(c1ccccc1)N(C)C(=O)c1cc(S(C)(=O)=O)ccc1Cl. The first kappa shape index (κ1) is 17.5. The molecule has 0 heterocycles. The largest absolute Gasteiger partial charge is 0.335 e. The van der Waals surface area contributed by atoms with Crippen LogP contribution in [0.4, 0.5) is 0 Å². The van der Waals surface area contributed by atoms with Crippen LogP contribution >= 0.6 is 11.6 Å². The second-order valence-corrected chi connectivity index (χ2v) is 7.84. The second kappa shape index (κ2) is 6.72. The number of sulfone groups is 1. The number of hydrogen-bond donors (Lipinski definition) is 0. The molecule has 0 aliphatic carbocycles. The summed E-state index contributed by atoms with van der Waals surface area (Å²) in [5.41, 5.74) is 1.17. The molecule has 6 heteroatoms. The molecule has 2 rings (SSSR count). The van der Waals surface area contributed by atoms with Crippen molar-refractivity contribution in [3.8, 4) is 0 Å². The summed E-state index contributed by atoms with van der Waals surface area (Å²) in [7, 11) is -1.73.